The second-order valence-electron chi connectivity index (χ2n) is 7.57. The van der Waals surface area contributed by atoms with Gasteiger partial charge in [-0.05, 0) is 51.3 Å². The minimum atomic E-state index is -3.65. The number of thiazole rings is 1. The van der Waals surface area contributed by atoms with Crippen molar-refractivity contribution in [3.8, 4) is 0 Å². The van der Waals surface area contributed by atoms with Crippen molar-refractivity contribution in [1.82, 2.24) is 9.29 Å². The Labute approximate surface area is 186 Å². The molecule has 1 amide bonds. The number of aromatic nitrogens is 1. The highest BCUT2D eigenvalue weighted by molar-refractivity contribution is 7.89. The molecule has 1 N–H and O–H groups in total. The Morgan fingerprint density at radius 2 is 1.81 bits per heavy atom. The van der Waals surface area contributed by atoms with Crippen LogP contribution in [0.5, 0.6) is 0 Å². The lowest BCUT2D eigenvalue weighted by Crippen LogP contribution is -2.32. The van der Waals surface area contributed by atoms with Crippen LogP contribution in [-0.2, 0) is 19.6 Å². The van der Waals surface area contributed by atoms with E-state index in [-0.39, 0.29) is 4.90 Å². The summed E-state index contributed by atoms with van der Waals surface area (Å²) in [5.74, 6) is -1.15. The second-order valence-corrected chi connectivity index (χ2v) is 10.7. The molecule has 0 radical (unpaired) electrons. The molecule has 1 aromatic carbocycles. The number of sulfonamides is 1. The second kappa shape index (κ2) is 9.88. The summed E-state index contributed by atoms with van der Waals surface area (Å²) in [6, 6.07) is 4.76. The number of anilines is 1. The average molecular weight is 466 g/mol. The molecule has 1 aliphatic heterocycles. The van der Waals surface area contributed by atoms with Crippen molar-refractivity contribution in [1.29, 1.82) is 0 Å². The van der Waals surface area contributed by atoms with E-state index in [0.717, 1.165) is 30.7 Å². The Kier molecular flexibility index (Phi) is 7.45. The van der Waals surface area contributed by atoms with Gasteiger partial charge in [0.25, 0.3) is 5.91 Å². The first-order chi connectivity index (χ1) is 14.7. The van der Waals surface area contributed by atoms with E-state index >= 15 is 0 Å². The quantitative estimate of drug-likeness (QED) is 0.655. The first-order valence-electron chi connectivity index (χ1n) is 10.2. The number of carbonyl (C=O) groups excluding carboxylic acids is 2. The van der Waals surface area contributed by atoms with E-state index in [1.54, 1.807) is 32.9 Å². The molecule has 0 spiro atoms. The van der Waals surface area contributed by atoms with Gasteiger partial charge in [-0.25, -0.2) is 18.2 Å². The van der Waals surface area contributed by atoms with Crippen LogP contribution >= 0.6 is 11.3 Å². The number of nitrogens with zero attached hydrogens (tertiary/aromatic N) is 2. The van der Waals surface area contributed by atoms with E-state index in [9.17, 15) is 18.0 Å². The van der Waals surface area contributed by atoms with Crippen LogP contribution in [0.4, 0.5) is 5.69 Å². The number of amides is 1. The summed E-state index contributed by atoms with van der Waals surface area (Å²) in [7, 11) is -3.65. The van der Waals surface area contributed by atoms with Crippen LogP contribution < -0.4 is 5.32 Å². The molecule has 1 aromatic heterocycles. The number of esters is 1. The van der Waals surface area contributed by atoms with Gasteiger partial charge in [0.1, 0.15) is 4.88 Å². The first kappa shape index (κ1) is 23.4. The average Bonchev–Trinajstić information content (AvgIpc) is 2.91. The maximum Gasteiger partial charge on any atom is 0.350 e. The van der Waals surface area contributed by atoms with Crippen LogP contribution in [0.2, 0.25) is 0 Å². The number of carbonyl (C=O) groups is 2. The van der Waals surface area contributed by atoms with E-state index in [2.05, 4.69) is 10.3 Å². The predicted molar refractivity (Wildman–Crippen MR) is 119 cm³/mol. The number of ether oxygens (including phenoxy) is 1. The number of benzene rings is 1. The van der Waals surface area contributed by atoms with Crippen LogP contribution in [0, 0.1) is 20.8 Å². The fourth-order valence-electron chi connectivity index (χ4n) is 3.49. The number of nitrogens with one attached hydrogen (secondary N) is 1. The molecule has 10 heteroatoms. The molecule has 0 bridgehead atoms. The van der Waals surface area contributed by atoms with Crippen LogP contribution in [0.1, 0.15) is 51.6 Å². The lowest BCUT2D eigenvalue weighted by molar-refractivity contribution is -0.119. The fraction of sp³-hybridized carbons (Fsp3) is 0.476. The smallest absolute Gasteiger partial charge is 0.350 e. The van der Waals surface area contributed by atoms with Crippen LogP contribution in [0.3, 0.4) is 0 Å². The summed E-state index contributed by atoms with van der Waals surface area (Å²) >= 11 is 1.21. The number of aryl methyl sites for hydroxylation is 3. The van der Waals surface area contributed by atoms with Crippen LogP contribution in [-0.4, -0.2) is 49.3 Å². The van der Waals surface area contributed by atoms with Crippen molar-refractivity contribution in [2.75, 3.05) is 25.0 Å². The zero-order valence-electron chi connectivity index (χ0n) is 17.9. The molecular weight excluding hydrogens is 438 g/mol. The number of rotatable bonds is 6. The van der Waals surface area contributed by atoms with Crippen molar-refractivity contribution in [3.05, 3.63) is 39.3 Å². The highest BCUT2D eigenvalue weighted by Gasteiger charge is 2.27. The summed E-state index contributed by atoms with van der Waals surface area (Å²) in [6.07, 6.45) is 3.75. The monoisotopic (exact) mass is 465 g/mol. The van der Waals surface area contributed by atoms with Crippen molar-refractivity contribution in [2.45, 2.75) is 51.3 Å². The van der Waals surface area contributed by atoms with Gasteiger partial charge in [-0.2, -0.15) is 4.31 Å². The molecule has 0 atom stereocenters. The predicted octanol–water partition coefficient (Wildman–Crippen LogP) is 3.43. The molecule has 3 rings (SSSR count). The third-order valence-corrected chi connectivity index (χ3v) is 8.17. The summed E-state index contributed by atoms with van der Waals surface area (Å²) in [6.45, 7) is 5.76. The van der Waals surface area contributed by atoms with Crippen molar-refractivity contribution < 1.29 is 22.7 Å². The molecule has 2 aromatic rings. The summed E-state index contributed by atoms with van der Waals surface area (Å²) < 4.78 is 32.9. The largest absolute Gasteiger partial charge is 0.451 e. The number of hydrogen-bond acceptors (Lipinski definition) is 7. The first-order valence-corrected chi connectivity index (χ1v) is 12.5. The molecule has 2 heterocycles. The van der Waals surface area contributed by atoms with Gasteiger partial charge in [-0.3, -0.25) is 4.79 Å². The molecule has 31 heavy (non-hydrogen) atoms. The zero-order chi connectivity index (χ0) is 22.6. The zero-order valence-corrected chi connectivity index (χ0v) is 19.6. The fourth-order valence-corrected chi connectivity index (χ4v) is 6.07. The molecule has 168 valence electrons. The van der Waals surface area contributed by atoms with Gasteiger partial charge in [0.2, 0.25) is 10.0 Å². The maximum absolute atomic E-state index is 13.1. The minimum Gasteiger partial charge on any atom is -0.451 e. The molecule has 0 unspecified atom stereocenters. The SMILES string of the molecule is Cc1nc(C)c(C(=O)OCC(=O)Nc2ccc(C)c(S(=O)(=O)N3CCCCCC3)c2)s1. The molecule has 0 aliphatic carbocycles. The normalized spacial score (nSPS) is 15.3. The van der Waals surface area contributed by atoms with Crippen LogP contribution in [0.15, 0.2) is 23.1 Å². The summed E-state index contributed by atoms with van der Waals surface area (Å²) in [5.41, 5.74) is 1.52. The third kappa shape index (κ3) is 5.69. The maximum atomic E-state index is 13.1. The summed E-state index contributed by atoms with van der Waals surface area (Å²) in [4.78, 5) is 29.1. The molecule has 0 saturated carbocycles. The Hall–Kier alpha value is -2.30. The molecular formula is C21H27N3O5S2. The summed E-state index contributed by atoms with van der Waals surface area (Å²) in [5, 5.41) is 3.35. The van der Waals surface area contributed by atoms with Crippen molar-refractivity contribution in [2.24, 2.45) is 0 Å². The van der Waals surface area contributed by atoms with E-state index in [1.165, 1.54) is 21.7 Å². The molecule has 1 aliphatic rings. The standard InChI is InChI=1S/C21H27N3O5S2/c1-14-8-9-17(12-18(14)31(27,28)24-10-6-4-5-7-11-24)23-19(25)13-29-21(26)20-15(2)22-16(3)30-20/h8-9,12H,4-7,10-11,13H2,1-3H3,(H,23,25). The highest BCUT2D eigenvalue weighted by Crippen LogP contribution is 2.26. The van der Waals surface area contributed by atoms with Crippen molar-refractivity contribution >= 4 is 38.9 Å². The Morgan fingerprint density at radius 3 is 2.42 bits per heavy atom. The van der Waals surface area contributed by atoms with E-state index in [0.29, 0.717) is 34.9 Å². The Bertz CT molecular complexity index is 1070. The highest BCUT2D eigenvalue weighted by atomic mass is 32.2. The van der Waals surface area contributed by atoms with Gasteiger partial charge >= 0.3 is 5.97 Å². The van der Waals surface area contributed by atoms with Crippen LogP contribution in [0.25, 0.3) is 0 Å². The van der Waals surface area contributed by atoms with Gasteiger partial charge in [-0.1, -0.05) is 18.9 Å². The van der Waals surface area contributed by atoms with Gasteiger partial charge in [0.15, 0.2) is 6.61 Å². The van der Waals surface area contributed by atoms with E-state index < -0.39 is 28.5 Å². The third-order valence-electron chi connectivity index (χ3n) is 5.08. The van der Waals surface area contributed by atoms with Crippen molar-refractivity contribution in [3.63, 3.8) is 0 Å². The topological polar surface area (TPSA) is 106 Å². The van der Waals surface area contributed by atoms with E-state index in [4.69, 9.17) is 4.74 Å². The minimum absolute atomic E-state index is 0.181. The van der Waals surface area contributed by atoms with Gasteiger partial charge in [-0.15, -0.1) is 11.3 Å². The molecule has 1 fully saturated rings. The Morgan fingerprint density at radius 1 is 1.13 bits per heavy atom. The molecule has 8 nitrogen and oxygen atoms in total. The number of hydrogen-bond donors (Lipinski definition) is 1. The van der Waals surface area contributed by atoms with Gasteiger partial charge in [0, 0.05) is 18.8 Å². The van der Waals surface area contributed by atoms with E-state index in [1.807, 2.05) is 0 Å². The van der Waals surface area contributed by atoms with Gasteiger partial charge < -0.3 is 10.1 Å². The lowest BCUT2D eigenvalue weighted by Gasteiger charge is -2.21. The van der Waals surface area contributed by atoms with Gasteiger partial charge in [0.05, 0.1) is 15.6 Å². The molecule has 1 saturated heterocycles. The lowest BCUT2D eigenvalue weighted by atomic mass is 10.2. The Balaban J connectivity index is 1.67.